The molecule has 0 saturated heterocycles. The van der Waals surface area contributed by atoms with Crippen LogP contribution in [0.1, 0.15) is 11.1 Å². The Morgan fingerprint density at radius 3 is 2.63 bits per heavy atom. The first-order chi connectivity index (χ1) is 14.5. The predicted octanol–water partition coefficient (Wildman–Crippen LogP) is 5.36. The van der Waals surface area contributed by atoms with Gasteiger partial charge in [-0.05, 0) is 42.0 Å². The summed E-state index contributed by atoms with van der Waals surface area (Å²) in [6.45, 7) is -0.0282. The Bertz CT molecular complexity index is 1320. The molecule has 0 spiro atoms. The summed E-state index contributed by atoms with van der Waals surface area (Å²) in [4.78, 5) is 24.9. The number of para-hydroxylation sites is 1. The van der Waals surface area contributed by atoms with Crippen LogP contribution in [-0.4, -0.2) is 13.1 Å². The first-order valence-electron chi connectivity index (χ1n) is 9.18. The summed E-state index contributed by atoms with van der Waals surface area (Å²) >= 11 is 5.85. The molecule has 0 aliphatic heterocycles. The molecular formula is C24H17ClO5. The number of hydrogen-bond acceptors (Lipinski definition) is 5. The molecule has 4 rings (SSSR count). The number of fused-ring (bicyclic) bond motifs is 2. The van der Waals surface area contributed by atoms with Crippen molar-refractivity contribution < 1.29 is 18.7 Å². The molecule has 4 aromatic rings. The Balaban J connectivity index is 1.60. The minimum absolute atomic E-state index is 0.0282. The van der Waals surface area contributed by atoms with Gasteiger partial charge in [-0.15, -0.1) is 0 Å². The molecule has 0 N–H and O–H groups in total. The van der Waals surface area contributed by atoms with E-state index in [1.165, 1.54) is 6.08 Å². The van der Waals surface area contributed by atoms with Gasteiger partial charge in [0, 0.05) is 22.7 Å². The lowest BCUT2D eigenvalue weighted by Crippen LogP contribution is -2.05. The lowest BCUT2D eigenvalue weighted by molar-refractivity contribution is -0.138. The van der Waals surface area contributed by atoms with Crippen molar-refractivity contribution in [3.63, 3.8) is 0 Å². The molecule has 0 unspecified atom stereocenters. The fourth-order valence-corrected chi connectivity index (χ4v) is 3.22. The van der Waals surface area contributed by atoms with Gasteiger partial charge in [0.15, 0.2) is 0 Å². The van der Waals surface area contributed by atoms with Crippen molar-refractivity contribution in [1.82, 2.24) is 0 Å². The molecule has 6 heteroatoms. The van der Waals surface area contributed by atoms with Crippen molar-refractivity contribution in [1.29, 1.82) is 0 Å². The molecule has 0 amide bonds. The van der Waals surface area contributed by atoms with Gasteiger partial charge in [-0.1, -0.05) is 35.9 Å². The monoisotopic (exact) mass is 420 g/mol. The zero-order valence-electron chi connectivity index (χ0n) is 16.1. The molecule has 0 fully saturated rings. The van der Waals surface area contributed by atoms with Crippen LogP contribution >= 0.6 is 11.6 Å². The molecule has 0 aliphatic carbocycles. The SMILES string of the molecule is COc1ccc2c(=O)c3cccc(COC(=O)/C=C/c4ccc(Cl)cc4)c3oc2c1. The number of benzene rings is 3. The molecule has 150 valence electrons. The van der Waals surface area contributed by atoms with Gasteiger partial charge in [0.1, 0.15) is 23.5 Å². The van der Waals surface area contributed by atoms with Crippen molar-refractivity contribution in [3.05, 3.63) is 93.1 Å². The summed E-state index contributed by atoms with van der Waals surface area (Å²) in [5, 5.41) is 1.51. The predicted molar refractivity (Wildman–Crippen MR) is 117 cm³/mol. The minimum atomic E-state index is -0.508. The van der Waals surface area contributed by atoms with Crippen LogP contribution in [0.25, 0.3) is 28.0 Å². The van der Waals surface area contributed by atoms with Crippen LogP contribution in [-0.2, 0) is 16.1 Å². The lowest BCUT2D eigenvalue weighted by Gasteiger charge is -2.08. The first-order valence-corrected chi connectivity index (χ1v) is 9.56. The van der Waals surface area contributed by atoms with Gasteiger partial charge in [0.2, 0.25) is 5.43 Å². The van der Waals surface area contributed by atoms with Crippen LogP contribution in [0.3, 0.4) is 0 Å². The third kappa shape index (κ3) is 4.07. The van der Waals surface area contributed by atoms with Crippen molar-refractivity contribution in [2.24, 2.45) is 0 Å². The van der Waals surface area contributed by atoms with Crippen molar-refractivity contribution in [2.75, 3.05) is 7.11 Å². The van der Waals surface area contributed by atoms with Gasteiger partial charge in [-0.2, -0.15) is 0 Å². The number of halogens is 1. The highest BCUT2D eigenvalue weighted by Crippen LogP contribution is 2.25. The van der Waals surface area contributed by atoms with E-state index in [1.807, 2.05) is 0 Å². The van der Waals surface area contributed by atoms with Gasteiger partial charge in [-0.3, -0.25) is 4.79 Å². The first kappa shape index (κ1) is 19.7. The summed E-state index contributed by atoms with van der Waals surface area (Å²) < 4.78 is 16.5. The van der Waals surface area contributed by atoms with Crippen LogP contribution in [0.4, 0.5) is 0 Å². The molecule has 0 atom stereocenters. The third-order valence-electron chi connectivity index (χ3n) is 4.64. The molecule has 0 saturated carbocycles. The Labute approximate surface area is 177 Å². The van der Waals surface area contributed by atoms with E-state index in [1.54, 1.807) is 73.8 Å². The van der Waals surface area contributed by atoms with Crippen LogP contribution < -0.4 is 10.2 Å². The quantitative estimate of drug-likeness (QED) is 0.247. The van der Waals surface area contributed by atoms with E-state index >= 15 is 0 Å². The molecule has 1 heterocycles. The normalized spacial score (nSPS) is 11.3. The van der Waals surface area contributed by atoms with Crippen LogP contribution in [0.15, 0.2) is 76.0 Å². The number of esters is 1. The fourth-order valence-electron chi connectivity index (χ4n) is 3.09. The number of carbonyl (C=O) groups excluding carboxylic acids is 1. The number of hydrogen-bond donors (Lipinski definition) is 0. The maximum Gasteiger partial charge on any atom is 0.331 e. The topological polar surface area (TPSA) is 65.7 Å². The highest BCUT2D eigenvalue weighted by molar-refractivity contribution is 6.30. The van der Waals surface area contributed by atoms with Crippen molar-refractivity contribution in [3.8, 4) is 5.75 Å². The summed E-state index contributed by atoms with van der Waals surface area (Å²) in [6, 6.07) is 17.3. The summed E-state index contributed by atoms with van der Waals surface area (Å²) in [7, 11) is 1.54. The number of rotatable bonds is 5. The second-order valence-electron chi connectivity index (χ2n) is 6.58. The van der Waals surface area contributed by atoms with Crippen molar-refractivity contribution >= 4 is 45.6 Å². The van der Waals surface area contributed by atoms with Gasteiger partial charge < -0.3 is 13.9 Å². The second kappa shape index (κ2) is 8.43. The summed E-state index contributed by atoms with van der Waals surface area (Å²) in [6.07, 6.45) is 2.98. The fraction of sp³-hybridized carbons (Fsp3) is 0.0833. The van der Waals surface area contributed by atoms with Crippen LogP contribution in [0.2, 0.25) is 5.02 Å². The molecule has 30 heavy (non-hydrogen) atoms. The Morgan fingerprint density at radius 1 is 1.07 bits per heavy atom. The second-order valence-corrected chi connectivity index (χ2v) is 7.02. The van der Waals surface area contributed by atoms with E-state index in [0.717, 1.165) is 5.56 Å². The highest BCUT2D eigenvalue weighted by atomic mass is 35.5. The molecule has 0 bridgehead atoms. The Morgan fingerprint density at radius 2 is 1.87 bits per heavy atom. The largest absolute Gasteiger partial charge is 0.497 e. The molecule has 5 nitrogen and oxygen atoms in total. The van der Waals surface area contributed by atoms with Crippen LogP contribution in [0.5, 0.6) is 5.75 Å². The Kier molecular flexibility index (Phi) is 5.55. The molecule has 0 aliphatic rings. The van der Waals surface area contributed by atoms with E-state index in [4.69, 9.17) is 25.5 Å². The zero-order chi connectivity index (χ0) is 21.1. The van der Waals surface area contributed by atoms with E-state index in [2.05, 4.69) is 0 Å². The lowest BCUT2D eigenvalue weighted by atomic mass is 10.1. The van der Waals surface area contributed by atoms with Crippen molar-refractivity contribution in [2.45, 2.75) is 6.61 Å². The summed E-state index contributed by atoms with van der Waals surface area (Å²) in [5.41, 5.74) is 2.08. The molecule has 0 radical (unpaired) electrons. The smallest absolute Gasteiger partial charge is 0.331 e. The maximum absolute atomic E-state index is 12.8. The molecule has 3 aromatic carbocycles. The zero-order valence-corrected chi connectivity index (χ0v) is 16.8. The molecule has 1 aromatic heterocycles. The highest BCUT2D eigenvalue weighted by Gasteiger charge is 2.12. The van der Waals surface area contributed by atoms with E-state index < -0.39 is 5.97 Å². The standard InChI is InChI=1S/C24H17ClO5/c1-28-18-10-11-19-21(13-18)30-24-16(3-2-4-20(24)23(19)27)14-29-22(26)12-7-15-5-8-17(25)9-6-15/h2-13H,14H2,1H3/b12-7+. The van der Waals surface area contributed by atoms with Crippen LogP contribution in [0, 0.1) is 0 Å². The minimum Gasteiger partial charge on any atom is -0.497 e. The van der Waals surface area contributed by atoms with Gasteiger partial charge in [-0.25, -0.2) is 4.79 Å². The number of methoxy groups -OCH3 is 1. The van der Waals surface area contributed by atoms with E-state index in [-0.39, 0.29) is 12.0 Å². The van der Waals surface area contributed by atoms with Gasteiger partial charge in [0.25, 0.3) is 0 Å². The third-order valence-corrected chi connectivity index (χ3v) is 4.89. The number of carbonyl (C=O) groups is 1. The average molecular weight is 421 g/mol. The average Bonchev–Trinajstić information content (AvgIpc) is 2.77. The van der Waals surface area contributed by atoms with Gasteiger partial charge >= 0.3 is 5.97 Å². The van der Waals surface area contributed by atoms with E-state index in [0.29, 0.717) is 38.3 Å². The van der Waals surface area contributed by atoms with Gasteiger partial charge in [0.05, 0.1) is 17.9 Å². The summed E-state index contributed by atoms with van der Waals surface area (Å²) in [5.74, 6) is 0.0769. The Hall–Kier alpha value is -3.57. The van der Waals surface area contributed by atoms with E-state index in [9.17, 15) is 9.59 Å². The number of ether oxygens (including phenoxy) is 2. The maximum atomic E-state index is 12.8. The molecular weight excluding hydrogens is 404 g/mol.